The Hall–Kier alpha value is -0.883. The molecular weight excluding hydrogens is 332 g/mol. The van der Waals surface area contributed by atoms with E-state index < -0.39 is 8.80 Å². The van der Waals surface area contributed by atoms with E-state index in [9.17, 15) is 0 Å². The number of hydrogen-bond donors (Lipinski definition) is 0. The van der Waals surface area contributed by atoms with Crippen LogP contribution in [0.1, 0.15) is 57.8 Å². The lowest BCUT2D eigenvalue weighted by Crippen LogP contribution is -2.42. The second-order valence-corrected chi connectivity index (χ2v) is 9.48. The van der Waals surface area contributed by atoms with Gasteiger partial charge in [0.2, 0.25) is 0 Å². The van der Waals surface area contributed by atoms with Crippen molar-refractivity contribution in [2.45, 2.75) is 63.8 Å². The molecule has 0 atom stereocenters. The Balaban J connectivity index is 1.86. The molecule has 0 aliphatic heterocycles. The zero-order valence-corrected chi connectivity index (χ0v) is 17.3. The molecule has 1 aromatic carbocycles. The lowest BCUT2D eigenvalue weighted by molar-refractivity contribution is 0.122. The Morgan fingerprint density at radius 2 is 1.12 bits per heavy atom. The van der Waals surface area contributed by atoms with Crippen LogP contribution in [0.15, 0.2) is 30.3 Å². The van der Waals surface area contributed by atoms with E-state index in [-0.39, 0.29) is 0 Å². The average Bonchev–Trinajstić information content (AvgIpc) is 2.67. The maximum atomic E-state index is 5.71. The molecule has 144 valence electrons. The van der Waals surface area contributed by atoms with Crippen LogP contribution < -0.4 is 4.74 Å². The molecule has 0 aliphatic carbocycles. The van der Waals surface area contributed by atoms with E-state index in [2.05, 4.69) is 0 Å². The highest BCUT2D eigenvalue weighted by atomic mass is 28.4. The fourth-order valence-electron chi connectivity index (χ4n) is 2.94. The second-order valence-electron chi connectivity index (χ2n) is 6.39. The summed E-state index contributed by atoms with van der Waals surface area (Å²) < 4.78 is 22.0. The zero-order chi connectivity index (χ0) is 18.2. The van der Waals surface area contributed by atoms with E-state index in [4.69, 9.17) is 18.0 Å². The molecule has 0 spiro atoms. The quantitative estimate of drug-likeness (QED) is 0.287. The van der Waals surface area contributed by atoms with Crippen LogP contribution in [0, 0.1) is 0 Å². The lowest BCUT2D eigenvalue weighted by Gasteiger charge is -2.24. The van der Waals surface area contributed by atoms with E-state index in [1.165, 1.54) is 44.9 Å². The van der Waals surface area contributed by atoms with Crippen LogP contribution in [0.3, 0.4) is 0 Å². The Morgan fingerprint density at radius 1 is 0.640 bits per heavy atom. The van der Waals surface area contributed by atoms with E-state index in [0.717, 1.165) is 31.2 Å². The fourth-order valence-corrected chi connectivity index (χ4v) is 4.74. The summed E-state index contributed by atoms with van der Waals surface area (Å²) in [7, 11) is 2.71. The van der Waals surface area contributed by atoms with E-state index >= 15 is 0 Å². The normalized spacial score (nSPS) is 11.6. The van der Waals surface area contributed by atoms with Crippen molar-refractivity contribution in [1.82, 2.24) is 0 Å². The van der Waals surface area contributed by atoms with Gasteiger partial charge < -0.3 is 18.0 Å². The SMILES string of the molecule is CO[Si](CCCCCCCCCCCOc1ccccc1)(OC)OC. The Morgan fingerprint density at radius 3 is 1.64 bits per heavy atom. The molecule has 0 heterocycles. The molecule has 5 heteroatoms. The molecule has 1 aromatic rings. The predicted molar refractivity (Wildman–Crippen MR) is 105 cm³/mol. The van der Waals surface area contributed by atoms with Gasteiger partial charge in [0.1, 0.15) is 5.75 Å². The first-order valence-electron chi connectivity index (χ1n) is 9.59. The molecule has 0 bridgehead atoms. The van der Waals surface area contributed by atoms with Crippen molar-refractivity contribution in [1.29, 1.82) is 0 Å². The van der Waals surface area contributed by atoms with Gasteiger partial charge in [-0.3, -0.25) is 0 Å². The fraction of sp³-hybridized carbons (Fsp3) is 0.700. The summed E-state index contributed by atoms with van der Waals surface area (Å²) in [6.07, 6.45) is 11.3. The third-order valence-electron chi connectivity index (χ3n) is 4.57. The maximum absolute atomic E-state index is 5.71. The van der Waals surface area contributed by atoms with Gasteiger partial charge in [-0.15, -0.1) is 0 Å². The third-order valence-corrected chi connectivity index (χ3v) is 7.40. The summed E-state index contributed by atoms with van der Waals surface area (Å²) in [5, 5.41) is 0. The summed E-state index contributed by atoms with van der Waals surface area (Å²) in [5.41, 5.74) is 0. The average molecular weight is 369 g/mol. The first kappa shape index (κ1) is 22.2. The predicted octanol–water partition coefficient (Wildman–Crippen LogP) is 5.45. The summed E-state index contributed by atoms with van der Waals surface area (Å²) in [4.78, 5) is 0. The number of rotatable bonds is 16. The minimum Gasteiger partial charge on any atom is -0.494 e. The van der Waals surface area contributed by atoms with E-state index in [1.807, 2.05) is 30.3 Å². The van der Waals surface area contributed by atoms with Crippen molar-refractivity contribution < 1.29 is 18.0 Å². The van der Waals surface area contributed by atoms with Gasteiger partial charge in [-0.25, -0.2) is 0 Å². The summed E-state index contributed by atoms with van der Waals surface area (Å²) in [6.45, 7) is 0.828. The van der Waals surface area contributed by atoms with Gasteiger partial charge in [0, 0.05) is 27.4 Å². The van der Waals surface area contributed by atoms with Gasteiger partial charge in [-0.05, 0) is 25.0 Å². The van der Waals surface area contributed by atoms with Gasteiger partial charge in [-0.2, -0.15) is 0 Å². The highest BCUT2D eigenvalue weighted by Gasteiger charge is 2.36. The van der Waals surface area contributed by atoms with E-state index in [1.54, 1.807) is 21.3 Å². The molecule has 0 N–H and O–H groups in total. The van der Waals surface area contributed by atoms with Crippen LogP contribution >= 0.6 is 0 Å². The highest BCUT2D eigenvalue weighted by molar-refractivity contribution is 6.60. The van der Waals surface area contributed by atoms with Crippen LogP contribution in [0.5, 0.6) is 5.75 Å². The standard InChI is InChI=1S/C20H36O4Si/c1-21-25(22-2,23-3)19-15-10-8-6-4-5-7-9-14-18-24-20-16-12-11-13-17-20/h11-13,16-17H,4-10,14-15,18-19H2,1-3H3. The zero-order valence-electron chi connectivity index (χ0n) is 16.3. The number of benzene rings is 1. The van der Waals surface area contributed by atoms with Gasteiger partial charge in [0.05, 0.1) is 6.61 Å². The number of para-hydroxylation sites is 1. The van der Waals surface area contributed by atoms with Crippen molar-refractivity contribution in [2.24, 2.45) is 0 Å². The molecule has 4 nitrogen and oxygen atoms in total. The maximum Gasteiger partial charge on any atom is 0.500 e. The van der Waals surface area contributed by atoms with Crippen molar-refractivity contribution in [2.75, 3.05) is 27.9 Å². The summed E-state index contributed by atoms with van der Waals surface area (Å²) in [6, 6.07) is 11.0. The van der Waals surface area contributed by atoms with Gasteiger partial charge in [-0.1, -0.05) is 63.1 Å². The molecule has 1 rings (SSSR count). The first-order valence-corrected chi connectivity index (χ1v) is 11.5. The first-order chi connectivity index (χ1) is 12.3. The smallest absolute Gasteiger partial charge is 0.494 e. The minimum atomic E-state index is -2.35. The minimum absolute atomic E-state index is 0.828. The monoisotopic (exact) mass is 368 g/mol. The Kier molecular flexibility index (Phi) is 12.7. The Bertz CT molecular complexity index is 401. The number of unbranched alkanes of at least 4 members (excludes halogenated alkanes) is 8. The molecular formula is C20H36O4Si. The molecule has 0 aromatic heterocycles. The van der Waals surface area contributed by atoms with Crippen molar-refractivity contribution in [3.05, 3.63) is 30.3 Å². The van der Waals surface area contributed by atoms with E-state index in [0.29, 0.717) is 0 Å². The summed E-state index contributed by atoms with van der Waals surface area (Å²) >= 11 is 0. The molecule has 0 amide bonds. The van der Waals surface area contributed by atoms with Crippen LogP contribution in [-0.4, -0.2) is 36.7 Å². The van der Waals surface area contributed by atoms with Crippen molar-refractivity contribution in [3.8, 4) is 5.75 Å². The van der Waals surface area contributed by atoms with Gasteiger partial charge in [0.25, 0.3) is 0 Å². The van der Waals surface area contributed by atoms with Crippen LogP contribution in [0.2, 0.25) is 6.04 Å². The van der Waals surface area contributed by atoms with Crippen molar-refractivity contribution >= 4 is 8.80 Å². The molecule has 0 fully saturated rings. The number of ether oxygens (including phenoxy) is 1. The highest BCUT2D eigenvalue weighted by Crippen LogP contribution is 2.18. The van der Waals surface area contributed by atoms with Crippen molar-refractivity contribution in [3.63, 3.8) is 0 Å². The molecule has 0 unspecified atom stereocenters. The topological polar surface area (TPSA) is 36.9 Å². The molecule has 0 aliphatic rings. The van der Waals surface area contributed by atoms with Gasteiger partial charge >= 0.3 is 8.80 Å². The molecule has 25 heavy (non-hydrogen) atoms. The van der Waals surface area contributed by atoms with Crippen LogP contribution in [0.4, 0.5) is 0 Å². The number of hydrogen-bond acceptors (Lipinski definition) is 4. The Labute approximate surface area is 155 Å². The molecule has 0 saturated carbocycles. The second kappa shape index (κ2) is 14.3. The molecule has 0 radical (unpaired) electrons. The summed E-state index contributed by atoms with van der Waals surface area (Å²) in [5.74, 6) is 0.977. The molecule has 0 saturated heterocycles. The van der Waals surface area contributed by atoms with Gasteiger partial charge in [0.15, 0.2) is 0 Å². The third kappa shape index (κ3) is 9.99. The van der Waals surface area contributed by atoms with Crippen LogP contribution in [0.25, 0.3) is 0 Å². The largest absolute Gasteiger partial charge is 0.500 e. The van der Waals surface area contributed by atoms with Crippen LogP contribution in [-0.2, 0) is 13.3 Å². The lowest BCUT2D eigenvalue weighted by atomic mass is 10.1.